The van der Waals surface area contributed by atoms with Crippen molar-refractivity contribution in [3.05, 3.63) is 70.9 Å². The number of hydrazine groups is 1. The van der Waals surface area contributed by atoms with Gasteiger partial charge in [-0.2, -0.15) is 0 Å². The van der Waals surface area contributed by atoms with Crippen LogP contribution >= 0.6 is 11.6 Å². The highest BCUT2D eigenvalue weighted by Gasteiger charge is 2.14. The maximum absolute atomic E-state index is 12.3. The second kappa shape index (κ2) is 7.40. The molecule has 25 heavy (non-hydrogen) atoms. The van der Waals surface area contributed by atoms with Crippen molar-refractivity contribution < 1.29 is 9.59 Å². The molecule has 0 aliphatic rings. The van der Waals surface area contributed by atoms with Crippen molar-refractivity contribution in [2.45, 2.75) is 12.8 Å². The average Bonchev–Trinajstić information content (AvgIpc) is 2.95. The highest BCUT2D eigenvalue weighted by molar-refractivity contribution is 6.30. The number of carbonyl (C=O) groups is 2. The third kappa shape index (κ3) is 4.00. The summed E-state index contributed by atoms with van der Waals surface area (Å²) in [5.74, 6) is -0.596. The first-order chi connectivity index (χ1) is 12.0. The third-order valence-electron chi connectivity index (χ3n) is 3.99. The zero-order valence-corrected chi connectivity index (χ0v) is 14.5. The Kier molecular flexibility index (Phi) is 5.05. The Hall–Kier alpha value is -2.79. The van der Waals surface area contributed by atoms with E-state index < -0.39 is 0 Å². The number of benzene rings is 2. The van der Waals surface area contributed by atoms with Gasteiger partial charge in [0, 0.05) is 35.6 Å². The molecule has 0 atom stereocenters. The quantitative estimate of drug-likeness (QED) is 0.706. The predicted molar refractivity (Wildman–Crippen MR) is 98.3 cm³/mol. The molecular weight excluding hydrogens is 338 g/mol. The average molecular weight is 356 g/mol. The summed E-state index contributed by atoms with van der Waals surface area (Å²) in [7, 11) is 1.88. The van der Waals surface area contributed by atoms with Crippen LogP contribution in [0.2, 0.25) is 5.02 Å². The van der Waals surface area contributed by atoms with Gasteiger partial charge in [-0.3, -0.25) is 20.4 Å². The van der Waals surface area contributed by atoms with Gasteiger partial charge in [-0.15, -0.1) is 0 Å². The minimum atomic E-state index is -0.340. The molecular formula is C19H18ClN3O2. The van der Waals surface area contributed by atoms with E-state index in [0.29, 0.717) is 17.0 Å². The van der Waals surface area contributed by atoms with Crippen LogP contribution in [0.25, 0.3) is 10.9 Å². The topological polar surface area (TPSA) is 63.1 Å². The van der Waals surface area contributed by atoms with Crippen molar-refractivity contribution in [1.29, 1.82) is 0 Å². The number of aryl methyl sites for hydroxylation is 2. The van der Waals surface area contributed by atoms with Gasteiger partial charge in [0.25, 0.3) is 5.91 Å². The Bertz CT molecular complexity index is 933. The summed E-state index contributed by atoms with van der Waals surface area (Å²) in [5, 5.41) is 1.48. The molecule has 3 aromatic rings. The number of rotatable bonds is 4. The summed E-state index contributed by atoms with van der Waals surface area (Å²) in [6, 6.07) is 15.0. The number of fused-ring (bicyclic) bond motifs is 1. The van der Waals surface area contributed by atoms with E-state index >= 15 is 0 Å². The number of halogens is 1. The van der Waals surface area contributed by atoms with Crippen LogP contribution in [0.1, 0.15) is 22.3 Å². The number of hydrogen-bond acceptors (Lipinski definition) is 2. The molecule has 0 fully saturated rings. The molecule has 0 spiro atoms. The molecule has 2 aromatic carbocycles. The minimum absolute atomic E-state index is 0.256. The second-order valence-corrected chi connectivity index (χ2v) is 6.24. The van der Waals surface area contributed by atoms with Crippen LogP contribution in [0.4, 0.5) is 0 Å². The summed E-state index contributed by atoms with van der Waals surface area (Å²) in [6.07, 6.45) is 2.56. The molecule has 128 valence electrons. The van der Waals surface area contributed by atoms with Crippen LogP contribution < -0.4 is 10.9 Å². The number of aromatic nitrogens is 1. The fourth-order valence-electron chi connectivity index (χ4n) is 2.73. The van der Waals surface area contributed by atoms with Gasteiger partial charge >= 0.3 is 0 Å². The van der Waals surface area contributed by atoms with Crippen molar-refractivity contribution in [3.63, 3.8) is 0 Å². The zero-order valence-electron chi connectivity index (χ0n) is 13.8. The Morgan fingerprint density at radius 1 is 1.08 bits per heavy atom. The monoisotopic (exact) mass is 355 g/mol. The Labute approximate surface area is 150 Å². The molecule has 0 saturated heterocycles. The normalized spacial score (nSPS) is 10.6. The van der Waals surface area contributed by atoms with E-state index in [1.807, 2.05) is 54.1 Å². The maximum atomic E-state index is 12.3. The van der Waals surface area contributed by atoms with Crippen LogP contribution in [-0.2, 0) is 18.3 Å². The lowest BCUT2D eigenvalue weighted by Crippen LogP contribution is -2.41. The SMILES string of the molecule is Cn1cc(C(=O)NNC(=O)CCc2cccc(Cl)c2)c2ccccc21. The van der Waals surface area contributed by atoms with Crippen molar-refractivity contribution in [2.24, 2.45) is 7.05 Å². The van der Waals surface area contributed by atoms with Gasteiger partial charge in [-0.05, 0) is 30.2 Å². The van der Waals surface area contributed by atoms with Crippen LogP contribution in [0.3, 0.4) is 0 Å². The molecule has 6 heteroatoms. The molecule has 1 heterocycles. The van der Waals surface area contributed by atoms with Crippen molar-refractivity contribution in [3.8, 4) is 0 Å². The van der Waals surface area contributed by atoms with E-state index in [1.165, 1.54) is 0 Å². The highest BCUT2D eigenvalue weighted by Crippen LogP contribution is 2.19. The van der Waals surface area contributed by atoms with Gasteiger partial charge in [0.15, 0.2) is 0 Å². The van der Waals surface area contributed by atoms with Gasteiger partial charge in [-0.1, -0.05) is 41.9 Å². The molecule has 0 aliphatic carbocycles. The molecule has 0 aliphatic heterocycles. The summed E-state index contributed by atoms with van der Waals surface area (Å²) < 4.78 is 1.88. The lowest BCUT2D eigenvalue weighted by Gasteiger charge is -2.07. The summed E-state index contributed by atoms with van der Waals surface area (Å²) in [5.41, 5.74) is 7.39. The third-order valence-corrected chi connectivity index (χ3v) is 4.22. The predicted octanol–water partition coefficient (Wildman–Crippen LogP) is 3.23. The van der Waals surface area contributed by atoms with Crippen LogP contribution in [-0.4, -0.2) is 16.4 Å². The van der Waals surface area contributed by atoms with Crippen molar-refractivity contribution in [1.82, 2.24) is 15.4 Å². The minimum Gasteiger partial charge on any atom is -0.350 e. The van der Waals surface area contributed by atoms with Crippen molar-refractivity contribution in [2.75, 3.05) is 0 Å². The fraction of sp³-hybridized carbons (Fsp3) is 0.158. The van der Waals surface area contributed by atoms with Gasteiger partial charge in [-0.25, -0.2) is 0 Å². The highest BCUT2D eigenvalue weighted by atomic mass is 35.5. The number of nitrogens with zero attached hydrogens (tertiary/aromatic N) is 1. The van der Waals surface area contributed by atoms with E-state index in [-0.39, 0.29) is 18.2 Å². The summed E-state index contributed by atoms with van der Waals surface area (Å²) >= 11 is 5.92. The van der Waals surface area contributed by atoms with Gasteiger partial charge < -0.3 is 4.57 Å². The van der Waals surface area contributed by atoms with Crippen LogP contribution in [0.15, 0.2) is 54.7 Å². The number of hydrogen-bond donors (Lipinski definition) is 2. The number of carbonyl (C=O) groups excluding carboxylic acids is 2. The number of amides is 2. The lowest BCUT2D eigenvalue weighted by molar-refractivity contribution is -0.121. The van der Waals surface area contributed by atoms with Gasteiger partial charge in [0.05, 0.1) is 5.56 Å². The number of nitrogens with one attached hydrogen (secondary N) is 2. The first-order valence-electron chi connectivity index (χ1n) is 7.92. The summed E-state index contributed by atoms with van der Waals surface area (Å²) in [6.45, 7) is 0. The Morgan fingerprint density at radius 3 is 2.68 bits per heavy atom. The molecule has 5 nitrogen and oxygen atoms in total. The number of para-hydroxylation sites is 1. The summed E-state index contributed by atoms with van der Waals surface area (Å²) in [4.78, 5) is 24.3. The molecule has 2 N–H and O–H groups in total. The van der Waals surface area contributed by atoms with Crippen LogP contribution in [0, 0.1) is 0 Å². The molecule has 3 rings (SSSR count). The van der Waals surface area contributed by atoms with Gasteiger partial charge in [0.2, 0.25) is 5.91 Å². The molecule has 0 saturated carbocycles. The van der Waals surface area contributed by atoms with E-state index in [2.05, 4.69) is 10.9 Å². The molecule has 0 radical (unpaired) electrons. The maximum Gasteiger partial charge on any atom is 0.271 e. The lowest BCUT2D eigenvalue weighted by atomic mass is 10.1. The van der Waals surface area contributed by atoms with E-state index in [9.17, 15) is 9.59 Å². The smallest absolute Gasteiger partial charge is 0.271 e. The Morgan fingerprint density at radius 2 is 1.88 bits per heavy atom. The van der Waals surface area contributed by atoms with E-state index in [0.717, 1.165) is 16.5 Å². The molecule has 0 bridgehead atoms. The second-order valence-electron chi connectivity index (χ2n) is 5.80. The van der Waals surface area contributed by atoms with Gasteiger partial charge in [0.1, 0.15) is 0 Å². The molecule has 1 aromatic heterocycles. The van der Waals surface area contributed by atoms with E-state index in [1.54, 1.807) is 12.3 Å². The largest absolute Gasteiger partial charge is 0.350 e. The van der Waals surface area contributed by atoms with E-state index in [4.69, 9.17) is 11.6 Å². The van der Waals surface area contributed by atoms with Crippen molar-refractivity contribution >= 4 is 34.3 Å². The zero-order chi connectivity index (χ0) is 17.8. The fourth-order valence-corrected chi connectivity index (χ4v) is 2.94. The van der Waals surface area contributed by atoms with Crippen LogP contribution in [0.5, 0.6) is 0 Å². The molecule has 0 unspecified atom stereocenters. The standard InChI is InChI=1S/C19H18ClN3O2/c1-23-12-16(15-7-2-3-8-17(15)23)19(25)22-21-18(24)10-9-13-5-4-6-14(20)11-13/h2-8,11-12H,9-10H2,1H3,(H,21,24)(H,22,25). The molecule has 2 amide bonds. The Balaban J connectivity index is 1.57. The first kappa shape index (κ1) is 17.0. The first-order valence-corrected chi connectivity index (χ1v) is 8.30.